The van der Waals surface area contributed by atoms with Crippen molar-refractivity contribution in [3.05, 3.63) is 83.2 Å². The molecule has 0 radical (unpaired) electrons. The maximum Gasteiger partial charge on any atom is 0.271 e. The fourth-order valence-electron chi connectivity index (χ4n) is 3.83. The Balaban J connectivity index is 1.44. The third-order valence-corrected chi connectivity index (χ3v) is 5.53. The van der Waals surface area contributed by atoms with Gasteiger partial charge in [-0.2, -0.15) is 0 Å². The number of fused-ring (bicyclic) bond motifs is 1. The van der Waals surface area contributed by atoms with Crippen molar-refractivity contribution in [3.63, 3.8) is 0 Å². The summed E-state index contributed by atoms with van der Waals surface area (Å²) in [6, 6.07) is 9.33. The van der Waals surface area contributed by atoms with Gasteiger partial charge in [0.2, 0.25) is 0 Å². The Bertz CT molecular complexity index is 1110. The van der Waals surface area contributed by atoms with E-state index in [4.69, 9.17) is 4.74 Å². The molecule has 0 saturated heterocycles. The number of amides is 2. The number of aryl methyl sites for hydroxylation is 1. The Kier molecular flexibility index (Phi) is 6.39. The Hall–Kier alpha value is -3.81. The highest BCUT2D eigenvalue weighted by atomic mass is 16.5. The van der Waals surface area contributed by atoms with E-state index in [2.05, 4.69) is 20.3 Å². The van der Waals surface area contributed by atoms with Gasteiger partial charge in [0.15, 0.2) is 6.10 Å². The Morgan fingerprint density at radius 3 is 2.72 bits per heavy atom. The van der Waals surface area contributed by atoms with Crippen molar-refractivity contribution in [1.29, 1.82) is 0 Å². The van der Waals surface area contributed by atoms with Gasteiger partial charge in [-0.25, -0.2) is 4.98 Å². The molecule has 32 heavy (non-hydrogen) atoms. The second-order valence-corrected chi connectivity index (χ2v) is 7.68. The summed E-state index contributed by atoms with van der Waals surface area (Å²) in [4.78, 5) is 39.6. The summed E-state index contributed by atoms with van der Waals surface area (Å²) < 4.78 is 5.80. The van der Waals surface area contributed by atoms with Crippen LogP contribution in [-0.2, 0) is 24.3 Å². The van der Waals surface area contributed by atoms with Crippen LogP contribution in [0.15, 0.2) is 55.1 Å². The first kappa shape index (κ1) is 21.4. The molecule has 164 valence electrons. The first-order chi connectivity index (χ1) is 15.5. The maximum atomic E-state index is 12.9. The highest BCUT2D eigenvalue weighted by Gasteiger charge is 2.28. The monoisotopic (exact) mass is 431 g/mol. The zero-order chi connectivity index (χ0) is 22.5. The SMILES string of the molecule is Cc1ncc2c(c1CNC(=O)c1cnccn1)CCN(C(=O)C(C)Oc1ccccc1)C2. The summed E-state index contributed by atoms with van der Waals surface area (Å²) >= 11 is 0. The van der Waals surface area contributed by atoms with E-state index < -0.39 is 6.10 Å². The molecular weight excluding hydrogens is 406 g/mol. The fourth-order valence-corrected chi connectivity index (χ4v) is 3.83. The van der Waals surface area contributed by atoms with Crippen LogP contribution < -0.4 is 10.1 Å². The summed E-state index contributed by atoms with van der Waals surface area (Å²) in [6.07, 6.45) is 6.38. The van der Waals surface area contributed by atoms with Gasteiger partial charge in [-0.3, -0.25) is 19.6 Å². The summed E-state index contributed by atoms with van der Waals surface area (Å²) in [7, 11) is 0. The second kappa shape index (κ2) is 9.55. The van der Waals surface area contributed by atoms with Crippen LogP contribution in [0.4, 0.5) is 0 Å². The quantitative estimate of drug-likeness (QED) is 0.644. The summed E-state index contributed by atoms with van der Waals surface area (Å²) in [5.41, 5.74) is 4.25. The Morgan fingerprint density at radius 2 is 1.97 bits per heavy atom. The largest absolute Gasteiger partial charge is 0.481 e. The standard InChI is InChI=1S/C24H25N5O3/c1-16-21(13-28-23(30)22-14-25-9-10-26-22)20-8-11-29(15-18(20)12-27-16)24(31)17(2)32-19-6-4-3-5-7-19/h3-7,9-10,12,14,17H,8,11,13,15H2,1-2H3,(H,28,30). The van der Waals surface area contributed by atoms with E-state index in [0.29, 0.717) is 31.8 Å². The number of pyridine rings is 1. The topological polar surface area (TPSA) is 97.3 Å². The van der Waals surface area contributed by atoms with Gasteiger partial charge >= 0.3 is 0 Å². The van der Waals surface area contributed by atoms with E-state index in [1.165, 1.54) is 18.6 Å². The van der Waals surface area contributed by atoms with Crippen molar-refractivity contribution >= 4 is 11.8 Å². The molecular formula is C24H25N5O3. The minimum absolute atomic E-state index is 0.0578. The molecule has 0 aliphatic carbocycles. The lowest BCUT2D eigenvalue weighted by Crippen LogP contribution is -2.43. The number of nitrogens with one attached hydrogen (secondary N) is 1. The van der Waals surface area contributed by atoms with E-state index in [1.54, 1.807) is 11.8 Å². The van der Waals surface area contributed by atoms with Crippen LogP contribution in [0.25, 0.3) is 0 Å². The van der Waals surface area contributed by atoms with Gasteiger partial charge in [0.25, 0.3) is 11.8 Å². The van der Waals surface area contributed by atoms with Crippen molar-refractivity contribution in [2.45, 2.75) is 39.5 Å². The molecule has 8 heteroatoms. The number of benzene rings is 1. The number of carbonyl (C=O) groups is 2. The number of carbonyl (C=O) groups excluding carboxylic acids is 2. The van der Waals surface area contributed by atoms with E-state index in [9.17, 15) is 9.59 Å². The van der Waals surface area contributed by atoms with Crippen LogP contribution in [0.3, 0.4) is 0 Å². The smallest absolute Gasteiger partial charge is 0.271 e. The van der Waals surface area contributed by atoms with Crippen LogP contribution in [0.5, 0.6) is 5.75 Å². The highest BCUT2D eigenvalue weighted by Crippen LogP contribution is 2.25. The van der Waals surface area contributed by atoms with Crippen LogP contribution in [-0.4, -0.2) is 44.3 Å². The third kappa shape index (κ3) is 4.74. The number of rotatable bonds is 6. The van der Waals surface area contributed by atoms with Crippen LogP contribution in [0.1, 0.15) is 39.8 Å². The van der Waals surface area contributed by atoms with Crippen molar-refractivity contribution < 1.29 is 14.3 Å². The van der Waals surface area contributed by atoms with Crippen molar-refractivity contribution in [1.82, 2.24) is 25.2 Å². The van der Waals surface area contributed by atoms with Crippen molar-refractivity contribution in [2.24, 2.45) is 0 Å². The van der Waals surface area contributed by atoms with E-state index >= 15 is 0 Å². The number of hydrogen-bond donors (Lipinski definition) is 1. The number of nitrogens with zero attached hydrogens (tertiary/aromatic N) is 4. The van der Waals surface area contributed by atoms with Gasteiger partial charge in [0.1, 0.15) is 11.4 Å². The summed E-state index contributed by atoms with van der Waals surface area (Å²) in [6.45, 7) is 5.10. The molecule has 1 N–H and O–H groups in total. The van der Waals surface area contributed by atoms with Gasteiger partial charge in [0, 0.05) is 43.9 Å². The maximum absolute atomic E-state index is 12.9. The van der Waals surface area contributed by atoms with Crippen molar-refractivity contribution in [2.75, 3.05) is 6.54 Å². The number of aromatic nitrogens is 3. The first-order valence-corrected chi connectivity index (χ1v) is 10.5. The van der Waals surface area contributed by atoms with Crippen LogP contribution in [0.2, 0.25) is 0 Å². The summed E-state index contributed by atoms with van der Waals surface area (Å²) in [5.74, 6) is 0.330. The number of hydrogen-bond acceptors (Lipinski definition) is 6. The molecule has 1 aliphatic rings. The lowest BCUT2D eigenvalue weighted by Gasteiger charge is -2.32. The molecule has 4 rings (SSSR count). The molecule has 1 atom stereocenters. The molecule has 8 nitrogen and oxygen atoms in total. The number of para-hydroxylation sites is 1. The van der Waals surface area contributed by atoms with Crippen LogP contribution >= 0.6 is 0 Å². The molecule has 2 amide bonds. The lowest BCUT2D eigenvalue weighted by molar-refractivity contribution is -0.138. The highest BCUT2D eigenvalue weighted by molar-refractivity contribution is 5.91. The normalized spacial score (nSPS) is 13.8. The molecule has 0 saturated carbocycles. The zero-order valence-corrected chi connectivity index (χ0v) is 18.1. The van der Waals surface area contributed by atoms with Crippen molar-refractivity contribution in [3.8, 4) is 5.75 Å². The predicted octanol–water partition coefficient (Wildman–Crippen LogP) is 2.46. The Morgan fingerprint density at radius 1 is 1.16 bits per heavy atom. The zero-order valence-electron chi connectivity index (χ0n) is 18.1. The first-order valence-electron chi connectivity index (χ1n) is 10.5. The van der Waals surface area contributed by atoms with Crippen LogP contribution in [0, 0.1) is 6.92 Å². The lowest BCUT2D eigenvalue weighted by atomic mass is 9.94. The average Bonchev–Trinajstić information content (AvgIpc) is 2.83. The minimum atomic E-state index is -0.580. The second-order valence-electron chi connectivity index (χ2n) is 7.68. The minimum Gasteiger partial charge on any atom is -0.481 e. The van der Waals surface area contributed by atoms with Gasteiger partial charge in [0.05, 0.1) is 6.20 Å². The van der Waals surface area contributed by atoms with Gasteiger partial charge in [-0.05, 0) is 49.1 Å². The average molecular weight is 431 g/mol. The van der Waals surface area contributed by atoms with Gasteiger partial charge in [-0.1, -0.05) is 18.2 Å². The Labute approximate surface area is 186 Å². The molecule has 0 bridgehead atoms. The van der Waals surface area contributed by atoms with Gasteiger partial charge < -0.3 is 15.0 Å². The molecule has 1 aromatic carbocycles. The molecule has 0 fully saturated rings. The summed E-state index contributed by atoms with van der Waals surface area (Å²) in [5, 5.41) is 2.90. The molecule has 3 heterocycles. The van der Waals surface area contributed by atoms with E-state index in [0.717, 1.165) is 22.4 Å². The molecule has 2 aromatic heterocycles. The molecule has 1 unspecified atom stereocenters. The fraction of sp³-hybridized carbons (Fsp3) is 0.292. The molecule has 3 aromatic rings. The molecule has 0 spiro atoms. The predicted molar refractivity (Wildman–Crippen MR) is 118 cm³/mol. The number of ether oxygens (including phenoxy) is 1. The van der Waals surface area contributed by atoms with E-state index in [-0.39, 0.29) is 17.5 Å². The third-order valence-electron chi connectivity index (χ3n) is 5.53. The van der Waals surface area contributed by atoms with E-state index in [1.807, 2.05) is 43.5 Å². The van der Waals surface area contributed by atoms with Gasteiger partial charge in [-0.15, -0.1) is 0 Å². The molecule has 1 aliphatic heterocycles.